The van der Waals surface area contributed by atoms with Crippen molar-refractivity contribution in [3.05, 3.63) is 81.6 Å². The van der Waals surface area contributed by atoms with E-state index in [1.807, 2.05) is 30.5 Å². The number of nitrogens with zero attached hydrogens (tertiary/aromatic N) is 2. The van der Waals surface area contributed by atoms with Gasteiger partial charge in [-0.2, -0.15) is 0 Å². The lowest BCUT2D eigenvalue weighted by Gasteiger charge is -2.09. The third kappa shape index (κ3) is 3.29. The summed E-state index contributed by atoms with van der Waals surface area (Å²) in [6.07, 6.45) is 1.95. The fourth-order valence-corrected chi connectivity index (χ4v) is 3.12. The van der Waals surface area contributed by atoms with E-state index in [9.17, 15) is 0 Å². The Kier molecular flexibility index (Phi) is 4.59. The standard InChI is InChI=1S/C21H21ClN2/c1-14-5-10-21(15(2)11-14)23-13-18-12-16(3)24(17(18)4)20-8-6-19(22)7-9-20/h5-13H,1-4H3. The molecular weight excluding hydrogens is 316 g/mol. The Morgan fingerprint density at radius 2 is 1.62 bits per heavy atom. The van der Waals surface area contributed by atoms with Gasteiger partial charge in [0.25, 0.3) is 0 Å². The summed E-state index contributed by atoms with van der Waals surface area (Å²) in [7, 11) is 0. The smallest absolute Gasteiger partial charge is 0.0659 e. The van der Waals surface area contributed by atoms with Crippen molar-refractivity contribution < 1.29 is 0 Å². The van der Waals surface area contributed by atoms with Crippen molar-refractivity contribution in [3.8, 4) is 5.69 Å². The highest BCUT2D eigenvalue weighted by Gasteiger charge is 2.09. The van der Waals surface area contributed by atoms with Gasteiger partial charge in [0.15, 0.2) is 0 Å². The SMILES string of the molecule is Cc1ccc(N=Cc2cc(C)n(-c3ccc(Cl)cc3)c2C)c(C)c1. The van der Waals surface area contributed by atoms with E-state index in [2.05, 4.69) is 61.5 Å². The maximum atomic E-state index is 6.00. The van der Waals surface area contributed by atoms with E-state index >= 15 is 0 Å². The Hall–Kier alpha value is -2.32. The first-order valence-electron chi connectivity index (χ1n) is 8.02. The number of aromatic nitrogens is 1. The summed E-state index contributed by atoms with van der Waals surface area (Å²) in [5.74, 6) is 0. The molecule has 0 saturated heterocycles. The van der Waals surface area contributed by atoms with Gasteiger partial charge in [-0.05, 0) is 69.7 Å². The summed E-state index contributed by atoms with van der Waals surface area (Å²) in [5, 5.41) is 0.748. The first-order valence-corrected chi connectivity index (χ1v) is 8.39. The fraction of sp³-hybridized carbons (Fsp3) is 0.190. The number of rotatable bonds is 3. The van der Waals surface area contributed by atoms with Crippen LogP contribution in [-0.2, 0) is 0 Å². The highest BCUT2D eigenvalue weighted by Crippen LogP contribution is 2.23. The van der Waals surface area contributed by atoms with Gasteiger partial charge in [-0.1, -0.05) is 29.3 Å². The summed E-state index contributed by atoms with van der Waals surface area (Å²) >= 11 is 6.00. The molecule has 24 heavy (non-hydrogen) atoms. The van der Waals surface area contributed by atoms with E-state index < -0.39 is 0 Å². The molecule has 122 valence electrons. The zero-order valence-electron chi connectivity index (χ0n) is 14.5. The van der Waals surface area contributed by atoms with E-state index in [0.717, 1.165) is 22.0 Å². The predicted octanol–water partition coefficient (Wildman–Crippen LogP) is 6.11. The lowest BCUT2D eigenvalue weighted by atomic mass is 10.1. The minimum atomic E-state index is 0.748. The van der Waals surface area contributed by atoms with Gasteiger partial charge in [0.2, 0.25) is 0 Å². The maximum absolute atomic E-state index is 6.00. The van der Waals surface area contributed by atoms with Crippen LogP contribution in [0.1, 0.15) is 28.1 Å². The lowest BCUT2D eigenvalue weighted by molar-refractivity contribution is 0.965. The van der Waals surface area contributed by atoms with Crippen molar-refractivity contribution in [2.24, 2.45) is 4.99 Å². The molecule has 0 aliphatic rings. The maximum Gasteiger partial charge on any atom is 0.0659 e. The van der Waals surface area contributed by atoms with Crippen molar-refractivity contribution in [2.45, 2.75) is 27.7 Å². The summed E-state index contributed by atoms with van der Waals surface area (Å²) in [6, 6.07) is 16.4. The molecule has 3 rings (SSSR count). The molecule has 3 aromatic rings. The first-order chi connectivity index (χ1) is 11.5. The number of hydrogen-bond donors (Lipinski definition) is 0. The zero-order valence-corrected chi connectivity index (χ0v) is 15.2. The van der Waals surface area contributed by atoms with Crippen LogP contribution >= 0.6 is 11.6 Å². The minimum absolute atomic E-state index is 0.748. The van der Waals surface area contributed by atoms with Crippen LogP contribution in [0.3, 0.4) is 0 Å². The molecule has 1 heterocycles. The van der Waals surface area contributed by atoms with Crippen molar-refractivity contribution in [3.63, 3.8) is 0 Å². The highest BCUT2D eigenvalue weighted by atomic mass is 35.5. The lowest BCUT2D eigenvalue weighted by Crippen LogP contribution is -1.99. The molecule has 0 atom stereocenters. The van der Waals surface area contributed by atoms with Gasteiger partial charge in [0, 0.05) is 33.9 Å². The number of benzene rings is 2. The largest absolute Gasteiger partial charge is 0.318 e. The second kappa shape index (κ2) is 6.66. The molecule has 0 fully saturated rings. The molecule has 2 aromatic carbocycles. The Labute approximate surface area is 148 Å². The summed E-state index contributed by atoms with van der Waals surface area (Å²) in [4.78, 5) is 4.68. The van der Waals surface area contributed by atoms with Crippen molar-refractivity contribution in [2.75, 3.05) is 0 Å². The van der Waals surface area contributed by atoms with E-state index in [0.29, 0.717) is 0 Å². The average Bonchev–Trinajstić information content (AvgIpc) is 2.82. The fourth-order valence-electron chi connectivity index (χ4n) is 3.00. The Bertz CT molecular complexity index is 902. The van der Waals surface area contributed by atoms with Crippen LogP contribution in [0.25, 0.3) is 5.69 Å². The molecule has 0 bridgehead atoms. The van der Waals surface area contributed by atoms with E-state index in [1.165, 1.54) is 22.5 Å². The van der Waals surface area contributed by atoms with Crippen molar-refractivity contribution >= 4 is 23.5 Å². The molecule has 0 spiro atoms. The van der Waals surface area contributed by atoms with Gasteiger partial charge in [-0.15, -0.1) is 0 Å². The van der Waals surface area contributed by atoms with Crippen LogP contribution in [0, 0.1) is 27.7 Å². The van der Waals surface area contributed by atoms with Crippen LogP contribution in [0.15, 0.2) is 53.5 Å². The Balaban J connectivity index is 1.97. The van der Waals surface area contributed by atoms with Crippen LogP contribution in [-0.4, -0.2) is 10.8 Å². The molecule has 2 nitrogen and oxygen atoms in total. The summed E-state index contributed by atoms with van der Waals surface area (Å²) in [5.41, 5.74) is 8.05. The number of aryl methyl sites for hydroxylation is 3. The monoisotopic (exact) mass is 336 g/mol. The molecule has 0 radical (unpaired) electrons. The van der Waals surface area contributed by atoms with Gasteiger partial charge in [-0.3, -0.25) is 4.99 Å². The third-order valence-corrected chi connectivity index (χ3v) is 4.50. The van der Waals surface area contributed by atoms with Crippen LogP contribution in [0.2, 0.25) is 5.02 Å². The Morgan fingerprint density at radius 1 is 0.917 bits per heavy atom. The first kappa shape index (κ1) is 16.5. The molecule has 3 heteroatoms. The number of hydrogen-bond acceptors (Lipinski definition) is 1. The number of aliphatic imine (C=N–C) groups is 1. The quantitative estimate of drug-likeness (QED) is 0.513. The zero-order chi connectivity index (χ0) is 17.3. The normalized spacial score (nSPS) is 11.4. The molecule has 0 aliphatic heterocycles. The van der Waals surface area contributed by atoms with Crippen molar-refractivity contribution in [1.82, 2.24) is 4.57 Å². The van der Waals surface area contributed by atoms with Gasteiger partial charge < -0.3 is 4.57 Å². The van der Waals surface area contributed by atoms with E-state index in [4.69, 9.17) is 11.6 Å². The van der Waals surface area contributed by atoms with Crippen LogP contribution in [0.4, 0.5) is 5.69 Å². The third-order valence-electron chi connectivity index (χ3n) is 4.25. The average molecular weight is 337 g/mol. The van der Waals surface area contributed by atoms with Crippen LogP contribution < -0.4 is 0 Å². The van der Waals surface area contributed by atoms with Gasteiger partial charge in [-0.25, -0.2) is 0 Å². The molecule has 1 aromatic heterocycles. The minimum Gasteiger partial charge on any atom is -0.318 e. The second-order valence-electron chi connectivity index (χ2n) is 6.19. The molecule has 0 amide bonds. The molecule has 0 unspecified atom stereocenters. The predicted molar refractivity (Wildman–Crippen MR) is 103 cm³/mol. The van der Waals surface area contributed by atoms with Crippen molar-refractivity contribution in [1.29, 1.82) is 0 Å². The van der Waals surface area contributed by atoms with E-state index in [1.54, 1.807) is 0 Å². The summed E-state index contributed by atoms with van der Waals surface area (Å²) in [6.45, 7) is 8.41. The number of halogens is 1. The molecule has 0 aliphatic carbocycles. The Morgan fingerprint density at radius 3 is 2.29 bits per heavy atom. The van der Waals surface area contributed by atoms with Gasteiger partial charge in [0.1, 0.15) is 0 Å². The highest BCUT2D eigenvalue weighted by molar-refractivity contribution is 6.30. The topological polar surface area (TPSA) is 17.3 Å². The van der Waals surface area contributed by atoms with E-state index in [-0.39, 0.29) is 0 Å². The molecule has 0 saturated carbocycles. The second-order valence-corrected chi connectivity index (χ2v) is 6.62. The van der Waals surface area contributed by atoms with Gasteiger partial charge in [0.05, 0.1) is 5.69 Å². The summed E-state index contributed by atoms with van der Waals surface area (Å²) < 4.78 is 2.22. The molecular formula is C21H21ClN2. The van der Waals surface area contributed by atoms with Crippen LogP contribution in [0.5, 0.6) is 0 Å². The van der Waals surface area contributed by atoms with Gasteiger partial charge >= 0.3 is 0 Å². The molecule has 0 N–H and O–H groups in total.